The minimum absolute atomic E-state index is 0.730. The standard InChI is InChI=1S/C15H13IN4/c1-20-14-8-3-2-7-13(14)18-15(20)19-17-10-11-5-4-6-12(16)9-11/h2-10H,1H3,(H,18,19)/b17-10-. The van der Waals surface area contributed by atoms with Gasteiger partial charge in [-0.2, -0.15) is 5.10 Å². The summed E-state index contributed by atoms with van der Waals surface area (Å²) >= 11 is 2.28. The van der Waals surface area contributed by atoms with E-state index in [9.17, 15) is 0 Å². The maximum atomic E-state index is 4.50. The van der Waals surface area contributed by atoms with Gasteiger partial charge in [0.25, 0.3) is 0 Å². The van der Waals surface area contributed by atoms with E-state index in [0.717, 1.165) is 22.5 Å². The molecule has 0 aliphatic rings. The first kappa shape index (κ1) is 13.1. The number of hydrogen-bond acceptors (Lipinski definition) is 3. The number of nitrogens with zero attached hydrogens (tertiary/aromatic N) is 3. The lowest BCUT2D eigenvalue weighted by Gasteiger charge is -2.00. The molecule has 1 heterocycles. The van der Waals surface area contributed by atoms with Crippen molar-refractivity contribution in [3.8, 4) is 0 Å². The molecule has 1 N–H and O–H groups in total. The quantitative estimate of drug-likeness (QED) is 0.431. The normalized spacial score (nSPS) is 11.3. The molecule has 20 heavy (non-hydrogen) atoms. The molecule has 0 saturated heterocycles. The second-order valence-electron chi connectivity index (χ2n) is 4.41. The molecule has 0 unspecified atom stereocenters. The van der Waals surface area contributed by atoms with Crippen LogP contribution in [-0.2, 0) is 7.05 Å². The largest absolute Gasteiger partial charge is 0.312 e. The van der Waals surface area contributed by atoms with E-state index in [-0.39, 0.29) is 0 Å². The number of rotatable bonds is 3. The first-order valence-electron chi connectivity index (χ1n) is 6.20. The van der Waals surface area contributed by atoms with Gasteiger partial charge in [0.1, 0.15) is 0 Å². The number of nitrogens with one attached hydrogen (secondary N) is 1. The van der Waals surface area contributed by atoms with Gasteiger partial charge in [-0.05, 0) is 52.4 Å². The van der Waals surface area contributed by atoms with Crippen LogP contribution in [0.4, 0.5) is 5.95 Å². The topological polar surface area (TPSA) is 42.2 Å². The van der Waals surface area contributed by atoms with Crippen LogP contribution in [-0.4, -0.2) is 15.8 Å². The number of imidazole rings is 1. The Morgan fingerprint density at radius 2 is 2.05 bits per heavy atom. The minimum Gasteiger partial charge on any atom is -0.312 e. The highest BCUT2D eigenvalue weighted by molar-refractivity contribution is 14.1. The van der Waals surface area contributed by atoms with Crippen LogP contribution in [0.3, 0.4) is 0 Å². The van der Waals surface area contributed by atoms with Crippen molar-refractivity contribution in [2.24, 2.45) is 12.1 Å². The van der Waals surface area contributed by atoms with Crippen LogP contribution in [0.15, 0.2) is 53.6 Å². The van der Waals surface area contributed by atoms with Gasteiger partial charge in [-0.3, -0.25) is 0 Å². The lowest BCUT2D eigenvalue weighted by Crippen LogP contribution is -1.98. The number of hydrogen-bond donors (Lipinski definition) is 1. The van der Waals surface area contributed by atoms with Gasteiger partial charge in [-0.25, -0.2) is 10.4 Å². The third-order valence-corrected chi connectivity index (χ3v) is 3.68. The van der Waals surface area contributed by atoms with Crippen LogP contribution < -0.4 is 5.43 Å². The Balaban J connectivity index is 1.82. The molecule has 3 rings (SSSR count). The van der Waals surface area contributed by atoms with Crippen LogP contribution in [0, 0.1) is 3.57 Å². The summed E-state index contributed by atoms with van der Waals surface area (Å²) in [6, 6.07) is 16.2. The summed E-state index contributed by atoms with van der Waals surface area (Å²) in [7, 11) is 1.97. The zero-order valence-corrected chi connectivity index (χ0v) is 13.1. The zero-order chi connectivity index (χ0) is 13.9. The second kappa shape index (κ2) is 5.62. The summed E-state index contributed by atoms with van der Waals surface area (Å²) in [5, 5.41) is 4.25. The monoisotopic (exact) mass is 376 g/mol. The van der Waals surface area contributed by atoms with E-state index < -0.39 is 0 Å². The van der Waals surface area contributed by atoms with Crippen molar-refractivity contribution in [2.75, 3.05) is 5.43 Å². The van der Waals surface area contributed by atoms with E-state index in [1.807, 2.05) is 48.0 Å². The summed E-state index contributed by atoms with van der Waals surface area (Å²) in [5.41, 5.74) is 6.09. The molecule has 0 aliphatic carbocycles. The van der Waals surface area contributed by atoms with E-state index in [1.54, 1.807) is 6.21 Å². The number of aryl methyl sites for hydroxylation is 1. The van der Waals surface area contributed by atoms with Gasteiger partial charge in [-0.15, -0.1) is 0 Å². The number of fused-ring (bicyclic) bond motifs is 1. The van der Waals surface area contributed by atoms with Crippen LogP contribution in [0.1, 0.15) is 5.56 Å². The lowest BCUT2D eigenvalue weighted by molar-refractivity contribution is 0.943. The maximum absolute atomic E-state index is 4.50. The van der Waals surface area contributed by atoms with Crippen molar-refractivity contribution < 1.29 is 0 Å². The highest BCUT2D eigenvalue weighted by atomic mass is 127. The molecule has 100 valence electrons. The van der Waals surface area contributed by atoms with E-state index >= 15 is 0 Å². The maximum Gasteiger partial charge on any atom is 0.224 e. The number of aromatic nitrogens is 2. The molecule has 4 nitrogen and oxygen atoms in total. The summed E-state index contributed by atoms with van der Waals surface area (Å²) in [4.78, 5) is 4.50. The van der Waals surface area contributed by atoms with Crippen LogP contribution in [0.2, 0.25) is 0 Å². The Hall–Kier alpha value is -1.89. The van der Waals surface area contributed by atoms with E-state index in [0.29, 0.717) is 0 Å². The fourth-order valence-corrected chi connectivity index (χ4v) is 2.56. The molecule has 2 aromatic carbocycles. The summed E-state index contributed by atoms with van der Waals surface area (Å²) in [5.74, 6) is 0.730. The predicted octanol–water partition coefficient (Wildman–Crippen LogP) is 3.62. The van der Waals surface area contributed by atoms with Crippen molar-refractivity contribution in [1.82, 2.24) is 9.55 Å². The molecule has 0 bridgehead atoms. The molecule has 3 aromatic rings. The fraction of sp³-hybridized carbons (Fsp3) is 0.0667. The Kier molecular flexibility index (Phi) is 3.68. The molecule has 0 spiro atoms. The van der Waals surface area contributed by atoms with E-state index in [1.165, 1.54) is 3.57 Å². The fourth-order valence-electron chi connectivity index (χ4n) is 2.00. The Morgan fingerprint density at radius 3 is 2.85 bits per heavy atom. The van der Waals surface area contributed by atoms with Crippen LogP contribution in [0.5, 0.6) is 0 Å². The van der Waals surface area contributed by atoms with Crippen molar-refractivity contribution in [3.63, 3.8) is 0 Å². The third kappa shape index (κ3) is 2.67. The first-order valence-corrected chi connectivity index (χ1v) is 7.28. The Bertz CT molecular complexity index is 776. The molecule has 1 aromatic heterocycles. The van der Waals surface area contributed by atoms with Gasteiger partial charge in [0, 0.05) is 10.6 Å². The number of halogens is 1. The smallest absolute Gasteiger partial charge is 0.224 e. The third-order valence-electron chi connectivity index (χ3n) is 3.01. The minimum atomic E-state index is 0.730. The molecule has 0 amide bonds. The van der Waals surface area contributed by atoms with Gasteiger partial charge in [0.15, 0.2) is 0 Å². The summed E-state index contributed by atoms with van der Waals surface area (Å²) in [6.07, 6.45) is 1.79. The predicted molar refractivity (Wildman–Crippen MR) is 91.1 cm³/mol. The molecule has 0 fully saturated rings. The van der Waals surface area contributed by atoms with E-state index in [2.05, 4.69) is 50.2 Å². The number of anilines is 1. The summed E-state index contributed by atoms with van der Waals surface area (Å²) < 4.78 is 3.18. The highest BCUT2D eigenvalue weighted by Gasteiger charge is 2.04. The number of para-hydroxylation sites is 2. The Labute approximate surface area is 130 Å². The molecule has 0 atom stereocenters. The van der Waals surface area contributed by atoms with Crippen LogP contribution >= 0.6 is 22.6 Å². The zero-order valence-electron chi connectivity index (χ0n) is 10.9. The van der Waals surface area contributed by atoms with Crippen molar-refractivity contribution in [3.05, 3.63) is 57.7 Å². The van der Waals surface area contributed by atoms with Crippen molar-refractivity contribution >= 4 is 45.8 Å². The van der Waals surface area contributed by atoms with Gasteiger partial charge >= 0.3 is 0 Å². The first-order chi connectivity index (χ1) is 9.74. The SMILES string of the molecule is Cn1c(N/N=C\c2cccc(I)c2)nc2ccccc21. The molecular formula is C15H13IN4. The molecular weight excluding hydrogens is 363 g/mol. The Morgan fingerprint density at radius 1 is 1.20 bits per heavy atom. The molecule has 5 heteroatoms. The van der Waals surface area contributed by atoms with Gasteiger partial charge < -0.3 is 4.57 Å². The lowest BCUT2D eigenvalue weighted by atomic mass is 10.2. The number of benzene rings is 2. The highest BCUT2D eigenvalue weighted by Crippen LogP contribution is 2.17. The summed E-state index contributed by atoms with van der Waals surface area (Å²) in [6.45, 7) is 0. The van der Waals surface area contributed by atoms with Crippen molar-refractivity contribution in [2.45, 2.75) is 0 Å². The average molecular weight is 376 g/mol. The van der Waals surface area contributed by atoms with Gasteiger partial charge in [0.2, 0.25) is 5.95 Å². The molecule has 0 saturated carbocycles. The average Bonchev–Trinajstić information content (AvgIpc) is 2.76. The van der Waals surface area contributed by atoms with E-state index in [4.69, 9.17) is 0 Å². The molecule has 0 aliphatic heterocycles. The van der Waals surface area contributed by atoms with Gasteiger partial charge in [0.05, 0.1) is 17.2 Å². The van der Waals surface area contributed by atoms with Crippen LogP contribution in [0.25, 0.3) is 11.0 Å². The van der Waals surface area contributed by atoms with Gasteiger partial charge in [-0.1, -0.05) is 24.3 Å². The number of hydrazone groups is 1. The van der Waals surface area contributed by atoms with Crippen molar-refractivity contribution in [1.29, 1.82) is 0 Å². The molecule has 0 radical (unpaired) electrons. The second-order valence-corrected chi connectivity index (χ2v) is 5.65.